The fourth-order valence-corrected chi connectivity index (χ4v) is 3.76. The van der Waals surface area contributed by atoms with Gasteiger partial charge >= 0.3 is 0 Å². The number of carbonyl (C=O) groups excluding carboxylic acids is 2. The number of fused-ring (bicyclic) bond motifs is 3. The van der Waals surface area contributed by atoms with Gasteiger partial charge < -0.3 is 19.4 Å². The Balaban J connectivity index is 1.31. The molecular weight excluding hydrogens is 380 g/mol. The maximum Gasteiger partial charge on any atom is 0.258 e. The molecule has 4 rings (SSSR count). The molecule has 6 heteroatoms. The first kappa shape index (κ1) is 20.0. The molecule has 0 saturated carbocycles. The van der Waals surface area contributed by atoms with E-state index in [1.54, 1.807) is 26.2 Å². The Kier molecular flexibility index (Phi) is 5.74. The number of nitrogens with one attached hydrogen (secondary N) is 1. The molecule has 0 bridgehead atoms. The SMILES string of the molecule is CN(C)C(=O)c1ccc(CNC(=O)COc2ccc3oc4c(c3c2)CCCC4)cc1. The summed E-state index contributed by atoms with van der Waals surface area (Å²) < 4.78 is 11.6. The molecule has 0 atom stereocenters. The van der Waals surface area contributed by atoms with Gasteiger partial charge in [-0.15, -0.1) is 0 Å². The first-order valence-corrected chi connectivity index (χ1v) is 10.3. The van der Waals surface area contributed by atoms with E-state index in [2.05, 4.69) is 5.32 Å². The number of hydrogen-bond acceptors (Lipinski definition) is 4. The molecule has 0 aliphatic heterocycles. The average molecular weight is 406 g/mol. The summed E-state index contributed by atoms with van der Waals surface area (Å²) in [7, 11) is 3.44. The van der Waals surface area contributed by atoms with Crippen LogP contribution in [0.15, 0.2) is 46.9 Å². The molecule has 1 heterocycles. The number of rotatable bonds is 6. The first-order valence-electron chi connectivity index (χ1n) is 10.3. The van der Waals surface area contributed by atoms with E-state index in [1.165, 1.54) is 23.3 Å². The molecule has 0 unspecified atom stereocenters. The predicted octanol–water partition coefficient (Wildman–Crippen LogP) is 3.71. The molecule has 0 saturated heterocycles. The number of benzene rings is 2. The lowest BCUT2D eigenvalue weighted by molar-refractivity contribution is -0.123. The van der Waals surface area contributed by atoms with Crippen LogP contribution in [0.2, 0.25) is 0 Å². The maximum atomic E-state index is 12.2. The number of aryl methyl sites for hydroxylation is 2. The smallest absolute Gasteiger partial charge is 0.258 e. The zero-order valence-corrected chi connectivity index (χ0v) is 17.4. The van der Waals surface area contributed by atoms with Crippen molar-refractivity contribution in [3.63, 3.8) is 0 Å². The summed E-state index contributed by atoms with van der Waals surface area (Å²) in [4.78, 5) is 25.6. The van der Waals surface area contributed by atoms with Crippen LogP contribution in [0.4, 0.5) is 0 Å². The Morgan fingerprint density at radius 1 is 1.07 bits per heavy atom. The summed E-state index contributed by atoms with van der Waals surface area (Å²) in [6, 6.07) is 12.9. The molecular formula is C24H26N2O4. The second-order valence-electron chi connectivity index (χ2n) is 7.83. The van der Waals surface area contributed by atoms with E-state index in [4.69, 9.17) is 9.15 Å². The van der Waals surface area contributed by atoms with Crippen molar-refractivity contribution in [1.29, 1.82) is 0 Å². The lowest BCUT2D eigenvalue weighted by atomic mass is 9.96. The van der Waals surface area contributed by atoms with Crippen molar-refractivity contribution >= 4 is 22.8 Å². The van der Waals surface area contributed by atoms with E-state index >= 15 is 0 Å². The third kappa shape index (κ3) is 4.32. The number of ether oxygens (including phenoxy) is 1. The highest BCUT2D eigenvalue weighted by Gasteiger charge is 2.18. The number of carbonyl (C=O) groups is 2. The highest BCUT2D eigenvalue weighted by atomic mass is 16.5. The van der Waals surface area contributed by atoms with Gasteiger partial charge in [0.25, 0.3) is 11.8 Å². The molecule has 2 amide bonds. The summed E-state index contributed by atoms with van der Waals surface area (Å²) in [6.07, 6.45) is 4.38. The topological polar surface area (TPSA) is 71.8 Å². The van der Waals surface area contributed by atoms with Crippen LogP contribution in [0.5, 0.6) is 5.75 Å². The standard InChI is InChI=1S/C24H26N2O4/c1-26(2)24(28)17-9-7-16(8-10-17)14-25-23(27)15-29-18-11-12-22-20(13-18)19-5-3-4-6-21(19)30-22/h7-13H,3-6,14-15H2,1-2H3,(H,25,27). The van der Waals surface area contributed by atoms with Gasteiger partial charge in [0, 0.05) is 43.6 Å². The molecule has 0 spiro atoms. The Hall–Kier alpha value is -3.28. The second kappa shape index (κ2) is 8.61. The lowest BCUT2D eigenvalue weighted by Gasteiger charge is -2.11. The van der Waals surface area contributed by atoms with Crippen molar-refractivity contribution in [2.24, 2.45) is 0 Å². The Morgan fingerprint density at radius 2 is 1.83 bits per heavy atom. The van der Waals surface area contributed by atoms with Crippen LogP contribution in [-0.2, 0) is 24.2 Å². The van der Waals surface area contributed by atoms with Crippen LogP contribution in [0, 0.1) is 0 Å². The van der Waals surface area contributed by atoms with E-state index in [9.17, 15) is 9.59 Å². The molecule has 6 nitrogen and oxygen atoms in total. The fraction of sp³-hybridized carbons (Fsp3) is 0.333. The minimum Gasteiger partial charge on any atom is -0.484 e. The molecule has 1 aliphatic rings. The molecule has 30 heavy (non-hydrogen) atoms. The highest BCUT2D eigenvalue weighted by molar-refractivity contribution is 5.93. The van der Waals surface area contributed by atoms with Crippen molar-refractivity contribution < 1.29 is 18.7 Å². The highest BCUT2D eigenvalue weighted by Crippen LogP contribution is 2.33. The normalized spacial score (nSPS) is 13.0. The van der Waals surface area contributed by atoms with Crippen LogP contribution in [0.25, 0.3) is 11.0 Å². The van der Waals surface area contributed by atoms with Crippen LogP contribution < -0.4 is 10.1 Å². The average Bonchev–Trinajstić information content (AvgIpc) is 3.14. The number of amides is 2. The van der Waals surface area contributed by atoms with Gasteiger partial charge in [0.15, 0.2) is 6.61 Å². The van der Waals surface area contributed by atoms with E-state index in [-0.39, 0.29) is 18.4 Å². The number of hydrogen-bond donors (Lipinski definition) is 1. The third-order valence-electron chi connectivity index (χ3n) is 5.39. The van der Waals surface area contributed by atoms with Crippen molar-refractivity contribution in [2.75, 3.05) is 20.7 Å². The van der Waals surface area contributed by atoms with Crippen molar-refractivity contribution in [1.82, 2.24) is 10.2 Å². The van der Waals surface area contributed by atoms with Crippen LogP contribution in [0.1, 0.15) is 40.1 Å². The van der Waals surface area contributed by atoms with Gasteiger partial charge in [0.05, 0.1) is 0 Å². The van der Waals surface area contributed by atoms with Crippen molar-refractivity contribution in [2.45, 2.75) is 32.2 Å². The molecule has 1 aromatic heterocycles. The number of furan rings is 1. The maximum absolute atomic E-state index is 12.2. The molecule has 3 aromatic rings. The Bertz CT molecular complexity index is 1070. The summed E-state index contributed by atoms with van der Waals surface area (Å²) in [5.74, 6) is 1.51. The summed E-state index contributed by atoms with van der Waals surface area (Å²) in [6.45, 7) is 0.329. The zero-order valence-electron chi connectivity index (χ0n) is 17.4. The molecule has 2 aromatic carbocycles. The first-order chi connectivity index (χ1) is 14.5. The van der Waals surface area contributed by atoms with Crippen LogP contribution >= 0.6 is 0 Å². The largest absolute Gasteiger partial charge is 0.484 e. The van der Waals surface area contributed by atoms with Gasteiger partial charge in [0.1, 0.15) is 17.1 Å². The van der Waals surface area contributed by atoms with Gasteiger partial charge in [-0.25, -0.2) is 0 Å². The minimum absolute atomic E-state index is 0.0464. The summed E-state index contributed by atoms with van der Waals surface area (Å²) in [5, 5.41) is 3.94. The van der Waals surface area contributed by atoms with Crippen molar-refractivity contribution in [3.8, 4) is 5.75 Å². The predicted molar refractivity (Wildman–Crippen MR) is 115 cm³/mol. The van der Waals surface area contributed by atoms with Gasteiger partial charge in [-0.05, 0) is 55.2 Å². The zero-order chi connectivity index (χ0) is 21.1. The van der Waals surface area contributed by atoms with Gasteiger partial charge in [-0.1, -0.05) is 12.1 Å². The molecule has 156 valence electrons. The molecule has 0 fully saturated rings. The summed E-state index contributed by atoms with van der Waals surface area (Å²) >= 11 is 0. The third-order valence-corrected chi connectivity index (χ3v) is 5.39. The van der Waals surface area contributed by atoms with E-state index in [0.29, 0.717) is 17.9 Å². The van der Waals surface area contributed by atoms with E-state index < -0.39 is 0 Å². The quantitative estimate of drug-likeness (QED) is 0.677. The van der Waals surface area contributed by atoms with Crippen LogP contribution in [0.3, 0.4) is 0 Å². The van der Waals surface area contributed by atoms with E-state index in [0.717, 1.165) is 35.1 Å². The number of nitrogens with zero attached hydrogens (tertiary/aromatic N) is 1. The van der Waals surface area contributed by atoms with Crippen LogP contribution in [-0.4, -0.2) is 37.4 Å². The van der Waals surface area contributed by atoms with Gasteiger partial charge in [-0.3, -0.25) is 9.59 Å². The Labute approximate surface area is 175 Å². The van der Waals surface area contributed by atoms with E-state index in [1.807, 2.05) is 30.3 Å². The minimum atomic E-state index is -0.197. The molecule has 1 N–H and O–H groups in total. The lowest BCUT2D eigenvalue weighted by Crippen LogP contribution is -2.28. The van der Waals surface area contributed by atoms with Crippen molar-refractivity contribution in [3.05, 3.63) is 64.9 Å². The van der Waals surface area contributed by atoms with Gasteiger partial charge in [-0.2, -0.15) is 0 Å². The second-order valence-corrected chi connectivity index (χ2v) is 7.83. The summed E-state index contributed by atoms with van der Waals surface area (Å²) in [5.41, 5.74) is 3.71. The Morgan fingerprint density at radius 3 is 2.60 bits per heavy atom. The fourth-order valence-electron chi connectivity index (χ4n) is 3.76. The van der Waals surface area contributed by atoms with Gasteiger partial charge in [0.2, 0.25) is 0 Å². The molecule has 0 radical (unpaired) electrons. The monoisotopic (exact) mass is 406 g/mol. The molecule has 1 aliphatic carbocycles.